The Bertz CT molecular complexity index is 592. The monoisotopic (exact) mass is 331 g/mol. The van der Waals surface area contributed by atoms with Crippen LogP contribution in [0.3, 0.4) is 0 Å². The average Bonchev–Trinajstić information content (AvgIpc) is 3.24. The second-order valence-electron chi connectivity index (χ2n) is 5.38. The summed E-state index contributed by atoms with van der Waals surface area (Å²) in [5.74, 6) is 0. The van der Waals surface area contributed by atoms with Gasteiger partial charge < -0.3 is 5.73 Å². The normalized spacial score (nSPS) is 15.6. The molecule has 0 saturated heterocycles. The van der Waals surface area contributed by atoms with Gasteiger partial charge in [-0.3, -0.25) is 4.90 Å². The van der Waals surface area contributed by atoms with Crippen molar-refractivity contribution in [2.45, 2.75) is 37.6 Å². The fourth-order valence-corrected chi connectivity index (χ4v) is 3.65. The molecule has 0 aromatic heterocycles. The zero-order valence-electron chi connectivity index (χ0n) is 12.4. The highest BCUT2D eigenvalue weighted by atomic mass is 35.5. The minimum absolute atomic E-state index is 0.116. The van der Waals surface area contributed by atoms with Crippen molar-refractivity contribution >= 4 is 27.3 Å². The lowest BCUT2D eigenvalue weighted by Crippen LogP contribution is -2.36. The van der Waals surface area contributed by atoms with Crippen LogP contribution in [0.15, 0.2) is 17.0 Å². The molecule has 0 aliphatic heterocycles. The third-order valence-electron chi connectivity index (χ3n) is 3.83. The molecule has 5 nitrogen and oxygen atoms in total. The molecule has 0 bridgehead atoms. The predicted octanol–water partition coefficient (Wildman–Crippen LogP) is 1.99. The van der Waals surface area contributed by atoms with Crippen LogP contribution < -0.4 is 10.5 Å². The summed E-state index contributed by atoms with van der Waals surface area (Å²) < 4.78 is 27.1. The number of nitrogens with two attached hydrogens (primary N) is 1. The summed E-state index contributed by atoms with van der Waals surface area (Å²) in [5.41, 5.74) is 6.86. The number of hydrogen-bond acceptors (Lipinski definition) is 4. The second-order valence-corrected chi connectivity index (χ2v) is 7.55. The highest BCUT2D eigenvalue weighted by molar-refractivity contribution is 7.89. The maximum absolute atomic E-state index is 12.3. The van der Waals surface area contributed by atoms with Gasteiger partial charge >= 0.3 is 0 Å². The molecule has 0 radical (unpaired) electrons. The molecular formula is C14H22ClN3O2S. The lowest BCUT2D eigenvalue weighted by molar-refractivity contribution is 0.282. The van der Waals surface area contributed by atoms with E-state index in [-0.39, 0.29) is 4.90 Å². The molecular weight excluding hydrogens is 310 g/mol. The quantitative estimate of drug-likeness (QED) is 0.749. The summed E-state index contributed by atoms with van der Waals surface area (Å²) in [5, 5.41) is 0.364. The van der Waals surface area contributed by atoms with Gasteiger partial charge in [-0.2, -0.15) is 0 Å². The maximum Gasteiger partial charge on any atom is 0.240 e. The molecule has 3 N–H and O–H groups in total. The van der Waals surface area contributed by atoms with Crippen LogP contribution in [0, 0.1) is 6.92 Å². The molecule has 0 unspecified atom stereocenters. The Morgan fingerprint density at radius 3 is 2.62 bits per heavy atom. The third kappa shape index (κ3) is 4.10. The van der Waals surface area contributed by atoms with Crippen LogP contribution in [0.1, 0.15) is 25.3 Å². The summed E-state index contributed by atoms with van der Waals surface area (Å²) in [6.45, 7) is 5.90. The Morgan fingerprint density at radius 1 is 1.43 bits per heavy atom. The van der Waals surface area contributed by atoms with Gasteiger partial charge in [-0.1, -0.05) is 18.5 Å². The van der Waals surface area contributed by atoms with Crippen molar-refractivity contribution in [3.63, 3.8) is 0 Å². The van der Waals surface area contributed by atoms with E-state index in [1.54, 1.807) is 6.92 Å². The first kappa shape index (κ1) is 16.5. The van der Waals surface area contributed by atoms with E-state index in [9.17, 15) is 8.42 Å². The van der Waals surface area contributed by atoms with Crippen LogP contribution in [-0.4, -0.2) is 39.0 Å². The molecule has 0 spiro atoms. The molecule has 118 valence electrons. The molecule has 1 aromatic carbocycles. The fraction of sp³-hybridized carbons (Fsp3) is 0.571. The van der Waals surface area contributed by atoms with Crippen LogP contribution in [0.4, 0.5) is 5.69 Å². The number of nitrogens with one attached hydrogen (secondary N) is 1. The fourth-order valence-electron chi connectivity index (χ4n) is 2.27. The van der Waals surface area contributed by atoms with Crippen molar-refractivity contribution in [2.24, 2.45) is 0 Å². The van der Waals surface area contributed by atoms with E-state index < -0.39 is 10.0 Å². The van der Waals surface area contributed by atoms with E-state index in [1.165, 1.54) is 25.0 Å². The van der Waals surface area contributed by atoms with Gasteiger partial charge in [-0.25, -0.2) is 13.1 Å². The number of nitrogens with zero attached hydrogens (tertiary/aromatic N) is 1. The van der Waals surface area contributed by atoms with Crippen molar-refractivity contribution in [1.82, 2.24) is 9.62 Å². The molecule has 0 amide bonds. The van der Waals surface area contributed by atoms with Crippen LogP contribution in [0.2, 0.25) is 5.02 Å². The van der Waals surface area contributed by atoms with Crippen LogP contribution in [0.25, 0.3) is 0 Å². The van der Waals surface area contributed by atoms with Gasteiger partial charge in [0.1, 0.15) is 0 Å². The number of benzene rings is 1. The van der Waals surface area contributed by atoms with Crippen molar-refractivity contribution in [2.75, 3.05) is 25.4 Å². The first-order chi connectivity index (χ1) is 9.85. The molecule has 0 atom stereocenters. The van der Waals surface area contributed by atoms with Crippen molar-refractivity contribution in [3.05, 3.63) is 22.7 Å². The summed E-state index contributed by atoms with van der Waals surface area (Å²) in [7, 11) is -3.57. The first-order valence-corrected chi connectivity index (χ1v) is 9.00. The van der Waals surface area contributed by atoms with Crippen molar-refractivity contribution in [1.29, 1.82) is 0 Å². The molecule has 2 rings (SSSR count). The Kier molecular flexibility index (Phi) is 5.14. The zero-order valence-corrected chi connectivity index (χ0v) is 14.0. The van der Waals surface area contributed by atoms with Gasteiger partial charge in [-0.15, -0.1) is 0 Å². The SMILES string of the molecule is CCN(CCNS(=O)(=O)c1cc(N)c(C)c(Cl)c1)C1CC1. The number of nitrogen functional groups attached to an aromatic ring is 1. The first-order valence-electron chi connectivity index (χ1n) is 7.14. The lowest BCUT2D eigenvalue weighted by Gasteiger charge is -2.19. The van der Waals surface area contributed by atoms with E-state index in [1.807, 2.05) is 0 Å². The summed E-state index contributed by atoms with van der Waals surface area (Å²) in [4.78, 5) is 2.41. The third-order valence-corrected chi connectivity index (χ3v) is 5.66. The van der Waals surface area contributed by atoms with Gasteiger partial charge in [0, 0.05) is 29.8 Å². The van der Waals surface area contributed by atoms with E-state index in [0.29, 0.717) is 28.9 Å². The van der Waals surface area contributed by atoms with E-state index in [4.69, 9.17) is 17.3 Å². The smallest absolute Gasteiger partial charge is 0.240 e. The number of rotatable bonds is 7. The Balaban J connectivity index is 2.01. The van der Waals surface area contributed by atoms with Crippen LogP contribution in [-0.2, 0) is 10.0 Å². The summed E-state index contributed by atoms with van der Waals surface area (Å²) in [6.07, 6.45) is 2.43. The number of hydrogen-bond donors (Lipinski definition) is 2. The number of sulfonamides is 1. The molecule has 7 heteroatoms. The molecule has 1 aromatic rings. The van der Waals surface area contributed by atoms with Gasteiger partial charge in [0.05, 0.1) is 4.90 Å². The molecule has 1 saturated carbocycles. The van der Waals surface area contributed by atoms with Crippen molar-refractivity contribution < 1.29 is 8.42 Å². The molecule has 1 fully saturated rings. The predicted molar refractivity (Wildman–Crippen MR) is 86.1 cm³/mol. The lowest BCUT2D eigenvalue weighted by atomic mass is 10.2. The van der Waals surface area contributed by atoms with Gasteiger partial charge in [0.15, 0.2) is 0 Å². The van der Waals surface area contributed by atoms with E-state index in [2.05, 4.69) is 16.5 Å². The van der Waals surface area contributed by atoms with Crippen LogP contribution >= 0.6 is 11.6 Å². The number of anilines is 1. The van der Waals surface area contributed by atoms with E-state index >= 15 is 0 Å². The van der Waals surface area contributed by atoms with E-state index in [0.717, 1.165) is 13.1 Å². The molecule has 1 aliphatic rings. The van der Waals surface area contributed by atoms with Gasteiger partial charge in [-0.05, 0) is 44.0 Å². The minimum Gasteiger partial charge on any atom is -0.398 e. The standard InChI is InChI=1S/C14H22ClN3O2S/c1-3-18(11-4-5-11)7-6-17-21(19,20)12-8-13(15)10(2)14(16)9-12/h8-9,11,17H,3-7,16H2,1-2H3. The number of halogens is 1. The Labute approximate surface area is 131 Å². The Morgan fingerprint density at radius 2 is 2.10 bits per heavy atom. The largest absolute Gasteiger partial charge is 0.398 e. The minimum atomic E-state index is -3.57. The maximum atomic E-state index is 12.3. The second kappa shape index (κ2) is 6.52. The van der Waals surface area contributed by atoms with Gasteiger partial charge in [0.25, 0.3) is 0 Å². The zero-order chi connectivity index (χ0) is 15.6. The average molecular weight is 332 g/mol. The number of likely N-dealkylation sites (N-methyl/N-ethyl adjacent to an activating group) is 1. The topological polar surface area (TPSA) is 75.4 Å². The highest BCUT2D eigenvalue weighted by Gasteiger charge is 2.27. The summed E-state index contributed by atoms with van der Waals surface area (Å²) in [6, 6.07) is 3.51. The Hall–Kier alpha value is -0.820. The molecule has 1 aliphatic carbocycles. The highest BCUT2D eigenvalue weighted by Crippen LogP contribution is 2.27. The summed E-state index contributed by atoms with van der Waals surface area (Å²) >= 11 is 6.00. The van der Waals surface area contributed by atoms with Crippen LogP contribution in [0.5, 0.6) is 0 Å². The molecule has 0 heterocycles. The van der Waals surface area contributed by atoms with Crippen molar-refractivity contribution in [3.8, 4) is 0 Å². The van der Waals surface area contributed by atoms with Gasteiger partial charge in [0.2, 0.25) is 10.0 Å². The molecule has 21 heavy (non-hydrogen) atoms.